The van der Waals surface area contributed by atoms with Gasteiger partial charge in [0.1, 0.15) is 5.69 Å². The first-order valence-corrected chi connectivity index (χ1v) is 3.60. The van der Waals surface area contributed by atoms with Crippen LogP contribution in [0.15, 0.2) is 30.6 Å². The molecule has 0 unspecified atom stereocenters. The lowest BCUT2D eigenvalue weighted by Gasteiger charge is -1.90. The Balaban J connectivity index is 0.000000720. The molecular formula is C9H9IN2. The number of H-pyrrole nitrogens is 1. The minimum absolute atomic E-state index is 0. The van der Waals surface area contributed by atoms with Crippen molar-refractivity contribution in [2.45, 2.75) is 6.92 Å². The number of aryl methyl sites for hydroxylation is 1. The number of rotatable bonds is 0. The maximum atomic E-state index is 4.19. The van der Waals surface area contributed by atoms with Gasteiger partial charge in [-0.2, -0.15) is 0 Å². The third-order valence-corrected chi connectivity index (χ3v) is 1.79. The van der Waals surface area contributed by atoms with Crippen LogP contribution in [0.25, 0.3) is 10.9 Å². The van der Waals surface area contributed by atoms with E-state index in [1.165, 1.54) is 5.39 Å². The second-order valence-corrected chi connectivity index (χ2v) is 2.54. The number of aromatic amines is 1. The lowest BCUT2D eigenvalue weighted by atomic mass is 10.2. The van der Waals surface area contributed by atoms with Gasteiger partial charge < -0.3 is 24.0 Å². The zero-order valence-corrected chi connectivity index (χ0v) is 8.87. The Morgan fingerprint density at radius 2 is 2.00 bits per heavy atom. The van der Waals surface area contributed by atoms with Crippen LogP contribution in [0.2, 0.25) is 0 Å². The number of nitrogens with one attached hydrogen (secondary N) is 1. The predicted molar refractivity (Wildman–Crippen MR) is 43.0 cm³/mol. The van der Waals surface area contributed by atoms with Gasteiger partial charge in [0.25, 0.3) is 6.33 Å². The molecule has 0 aliphatic rings. The summed E-state index contributed by atoms with van der Waals surface area (Å²) in [4.78, 5) is 7.25. The van der Waals surface area contributed by atoms with Gasteiger partial charge in [-0.3, -0.25) is 0 Å². The van der Waals surface area contributed by atoms with Crippen LogP contribution < -0.4 is 29.0 Å². The number of hydrogen-bond donors (Lipinski definition) is 0. The normalized spacial score (nSPS) is 9.42. The average Bonchev–Trinajstić information content (AvgIpc) is 2.06. The van der Waals surface area contributed by atoms with Gasteiger partial charge in [0.15, 0.2) is 5.52 Å². The van der Waals surface area contributed by atoms with Gasteiger partial charge >= 0.3 is 0 Å². The molecule has 0 aliphatic carbocycles. The Morgan fingerprint density at radius 1 is 1.25 bits per heavy atom. The highest BCUT2D eigenvalue weighted by molar-refractivity contribution is 5.79. The first-order valence-electron chi connectivity index (χ1n) is 3.60. The van der Waals surface area contributed by atoms with E-state index in [1.54, 1.807) is 6.33 Å². The minimum Gasteiger partial charge on any atom is -1.00 e. The van der Waals surface area contributed by atoms with Crippen molar-refractivity contribution < 1.29 is 29.0 Å². The molecule has 2 aromatic rings. The number of aromatic nitrogens is 2. The van der Waals surface area contributed by atoms with Crippen molar-refractivity contribution in [3.8, 4) is 0 Å². The molecular weight excluding hydrogens is 263 g/mol. The van der Waals surface area contributed by atoms with Crippen LogP contribution in [0, 0.1) is 6.92 Å². The number of hydrogen-bond acceptors (Lipinski definition) is 1. The van der Waals surface area contributed by atoms with E-state index in [1.807, 2.05) is 25.1 Å². The molecule has 0 saturated carbocycles. The molecule has 0 fully saturated rings. The summed E-state index contributed by atoms with van der Waals surface area (Å²) in [5.41, 5.74) is 2.21. The second kappa shape index (κ2) is 3.80. The maximum absolute atomic E-state index is 4.19. The summed E-state index contributed by atoms with van der Waals surface area (Å²) < 4.78 is 0. The number of para-hydroxylation sites is 1. The topological polar surface area (TPSA) is 27.0 Å². The summed E-state index contributed by atoms with van der Waals surface area (Å²) in [6.07, 6.45) is 1.72. The van der Waals surface area contributed by atoms with Crippen LogP contribution in [0.1, 0.15) is 5.69 Å². The molecule has 0 saturated heterocycles. The molecule has 0 amide bonds. The number of fused-ring (bicyclic) bond motifs is 1. The Hall–Kier alpha value is -0.710. The number of nitrogens with zero attached hydrogens (tertiary/aromatic N) is 1. The van der Waals surface area contributed by atoms with Crippen molar-refractivity contribution in [1.82, 2.24) is 4.98 Å². The Labute approximate surface area is 88.1 Å². The molecule has 2 nitrogen and oxygen atoms in total. The van der Waals surface area contributed by atoms with E-state index in [0.29, 0.717) is 0 Å². The van der Waals surface area contributed by atoms with E-state index in [9.17, 15) is 0 Å². The summed E-state index contributed by atoms with van der Waals surface area (Å²) in [7, 11) is 0. The molecule has 2 rings (SSSR count). The molecule has 3 heteroatoms. The van der Waals surface area contributed by atoms with E-state index in [0.717, 1.165) is 11.2 Å². The molecule has 0 radical (unpaired) electrons. The lowest BCUT2D eigenvalue weighted by Crippen LogP contribution is -3.00. The van der Waals surface area contributed by atoms with Crippen LogP contribution in [0.3, 0.4) is 0 Å². The molecule has 0 aliphatic heterocycles. The first-order chi connectivity index (χ1) is 5.38. The molecule has 1 heterocycles. The fourth-order valence-corrected chi connectivity index (χ4v) is 1.18. The fraction of sp³-hybridized carbons (Fsp3) is 0.111. The van der Waals surface area contributed by atoms with Crippen LogP contribution in [-0.2, 0) is 0 Å². The highest BCUT2D eigenvalue weighted by Gasteiger charge is 2.01. The molecule has 0 spiro atoms. The Morgan fingerprint density at radius 3 is 2.75 bits per heavy atom. The predicted octanol–water partition coefficient (Wildman–Crippen LogP) is -1.64. The summed E-state index contributed by atoms with van der Waals surface area (Å²) in [6, 6.07) is 8.09. The molecule has 12 heavy (non-hydrogen) atoms. The van der Waals surface area contributed by atoms with Gasteiger partial charge in [-0.15, -0.1) is 0 Å². The van der Waals surface area contributed by atoms with Gasteiger partial charge in [0.05, 0.1) is 5.39 Å². The first kappa shape index (κ1) is 9.38. The summed E-state index contributed by atoms with van der Waals surface area (Å²) in [6.45, 7) is 2.05. The smallest absolute Gasteiger partial charge is 0.284 e. The maximum Gasteiger partial charge on any atom is 0.284 e. The zero-order chi connectivity index (χ0) is 7.68. The third kappa shape index (κ3) is 1.55. The fourth-order valence-electron chi connectivity index (χ4n) is 1.18. The number of halogens is 1. The van der Waals surface area contributed by atoms with E-state index in [4.69, 9.17) is 0 Å². The van der Waals surface area contributed by atoms with Crippen LogP contribution >= 0.6 is 0 Å². The van der Waals surface area contributed by atoms with Crippen LogP contribution in [0.5, 0.6) is 0 Å². The minimum atomic E-state index is 0. The summed E-state index contributed by atoms with van der Waals surface area (Å²) >= 11 is 0. The highest BCUT2D eigenvalue weighted by atomic mass is 127. The van der Waals surface area contributed by atoms with E-state index in [-0.39, 0.29) is 24.0 Å². The SMILES string of the molecule is Cc1[nH+]cnc2ccccc12.[I-]. The summed E-state index contributed by atoms with van der Waals surface area (Å²) in [5, 5.41) is 1.19. The average molecular weight is 272 g/mol. The van der Waals surface area contributed by atoms with Crippen molar-refractivity contribution in [3.05, 3.63) is 36.3 Å². The number of benzene rings is 1. The van der Waals surface area contributed by atoms with Gasteiger partial charge in [-0.1, -0.05) is 12.1 Å². The largest absolute Gasteiger partial charge is 1.00 e. The Bertz CT molecular complexity index is 382. The summed E-state index contributed by atoms with van der Waals surface area (Å²) in [5.74, 6) is 0. The van der Waals surface area contributed by atoms with E-state index in [2.05, 4.69) is 16.0 Å². The second-order valence-electron chi connectivity index (χ2n) is 2.54. The third-order valence-electron chi connectivity index (χ3n) is 1.79. The van der Waals surface area contributed by atoms with Crippen LogP contribution in [-0.4, -0.2) is 4.98 Å². The zero-order valence-electron chi connectivity index (χ0n) is 6.71. The van der Waals surface area contributed by atoms with Crippen molar-refractivity contribution in [3.63, 3.8) is 0 Å². The molecule has 62 valence electrons. The van der Waals surface area contributed by atoms with E-state index >= 15 is 0 Å². The van der Waals surface area contributed by atoms with Crippen molar-refractivity contribution in [1.29, 1.82) is 0 Å². The highest BCUT2D eigenvalue weighted by Crippen LogP contribution is 2.09. The van der Waals surface area contributed by atoms with Crippen molar-refractivity contribution in [2.75, 3.05) is 0 Å². The van der Waals surface area contributed by atoms with Crippen molar-refractivity contribution in [2.24, 2.45) is 0 Å². The Kier molecular flexibility index (Phi) is 2.97. The molecule has 1 N–H and O–H groups in total. The lowest BCUT2D eigenvalue weighted by molar-refractivity contribution is -0.389. The molecule has 0 bridgehead atoms. The van der Waals surface area contributed by atoms with Gasteiger partial charge in [-0.25, -0.2) is 4.98 Å². The van der Waals surface area contributed by atoms with Crippen LogP contribution in [0.4, 0.5) is 0 Å². The monoisotopic (exact) mass is 272 g/mol. The van der Waals surface area contributed by atoms with Gasteiger partial charge in [-0.05, 0) is 24.0 Å². The van der Waals surface area contributed by atoms with Gasteiger partial charge in [0.2, 0.25) is 0 Å². The molecule has 1 aromatic carbocycles. The molecule has 1 aromatic heterocycles. The van der Waals surface area contributed by atoms with E-state index < -0.39 is 0 Å². The van der Waals surface area contributed by atoms with Crippen molar-refractivity contribution >= 4 is 10.9 Å². The standard InChI is InChI=1S/C9H8N2.HI/c1-7-8-4-2-3-5-9(8)11-6-10-7;/h2-6H,1H3;1H. The molecule has 0 atom stereocenters. The quantitative estimate of drug-likeness (QED) is 0.529. The van der Waals surface area contributed by atoms with Gasteiger partial charge in [0, 0.05) is 0 Å².